The molecule has 0 bridgehead atoms. The largest absolute Gasteiger partial charge is 0.454 e. The van der Waals surface area contributed by atoms with E-state index in [-0.39, 0.29) is 0 Å². The Morgan fingerprint density at radius 1 is 0.895 bits per heavy atom. The molecule has 0 spiro atoms. The molecular formula is C16H11NO2. The molecule has 2 heterocycles. The highest BCUT2D eigenvalue weighted by molar-refractivity contribution is 5.96. The van der Waals surface area contributed by atoms with E-state index in [1.807, 2.05) is 42.6 Å². The maximum absolute atomic E-state index is 5.45. The van der Waals surface area contributed by atoms with Crippen molar-refractivity contribution in [2.24, 2.45) is 0 Å². The van der Waals surface area contributed by atoms with E-state index < -0.39 is 0 Å². The third-order valence-electron chi connectivity index (χ3n) is 3.30. The monoisotopic (exact) mass is 249 g/mol. The van der Waals surface area contributed by atoms with Gasteiger partial charge in [0.2, 0.25) is 6.79 Å². The van der Waals surface area contributed by atoms with Gasteiger partial charge < -0.3 is 9.47 Å². The lowest BCUT2D eigenvalue weighted by Crippen LogP contribution is -1.92. The SMILES string of the molecule is c1ccc(-c2nccc3cc4c(cc23)OCO4)cc1. The fraction of sp³-hybridized carbons (Fsp3) is 0.0625. The Morgan fingerprint density at radius 3 is 2.53 bits per heavy atom. The van der Waals surface area contributed by atoms with Crippen molar-refractivity contribution in [3.8, 4) is 22.8 Å². The van der Waals surface area contributed by atoms with Gasteiger partial charge in [0, 0.05) is 17.1 Å². The highest BCUT2D eigenvalue weighted by atomic mass is 16.7. The van der Waals surface area contributed by atoms with Crippen molar-refractivity contribution < 1.29 is 9.47 Å². The molecule has 0 saturated heterocycles. The maximum atomic E-state index is 5.45. The van der Waals surface area contributed by atoms with E-state index in [9.17, 15) is 0 Å². The fourth-order valence-corrected chi connectivity index (χ4v) is 2.39. The van der Waals surface area contributed by atoms with Crippen molar-refractivity contribution in [1.82, 2.24) is 4.98 Å². The summed E-state index contributed by atoms with van der Waals surface area (Å²) in [5.74, 6) is 1.59. The summed E-state index contributed by atoms with van der Waals surface area (Å²) in [6.45, 7) is 0.291. The minimum absolute atomic E-state index is 0.291. The molecule has 19 heavy (non-hydrogen) atoms. The molecule has 2 aromatic carbocycles. The second kappa shape index (κ2) is 3.99. The number of hydrogen-bond acceptors (Lipinski definition) is 3. The third kappa shape index (κ3) is 1.63. The van der Waals surface area contributed by atoms with Crippen LogP contribution in [0.4, 0.5) is 0 Å². The zero-order valence-corrected chi connectivity index (χ0v) is 10.2. The van der Waals surface area contributed by atoms with E-state index in [1.165, 1.54) is 0 Å². The molecule has 1 aliphatic rings. The summed E-state index contributed by atoms with van der Waals surface area (Å²) in [4.78, 5) is 4.51. The third-order valence-corrected chi connectivity index (χ3v) is 3.30. The van der Waals surface area contributed by atoms with E-state index in [4.69, 9.17) is 9.47 Å². The van der Waals surface area contributed by atoms with E-state index in [2.05, 4.69) is 17.1 Å². The molecular weight excluding hydrogens is 238 g/mol. The first-order valence-electron chi connectivity index (χ1n) is 6.15. The number of fused-ring (bicyclic) bond motifs is 2. The number of ether oxygens (including phenoxy) is 2. The number of hydrogen-bond donors (Lipinski definition) is 0. The summed E-state index contributed by atoms with van der Waals surface area (Å²) >= 11 is 0. The standard InChI is InChI=1S/C16H11NO2/c1-2-4-11(5-3-1)16-13-9-15-14(18-10-19-15)8-12(13)6-7-17-16/h1-9H,10H2. The Bertz CT molecular complexity index is 753. The molecule has 0 radical (unpaired) electrons. The van der Waals surface area contributed by atoms with Gasteiger partial charge >= 0.3 is 0 Å². The minimum Gasteiger partial charge on any atom is -0.454 e. The Morgan fingerprint density at radius 2 is 1.68 bits per heavy atom. The molecule has 0 amide bonds. The molecule has 0 aliphatic carbocycles. The lowest BCUT2D eigenvalue weighted by Gasteiger charge is -2.07. The Kier molecular flexibility index (Phi) is 2.18. The van der Waals surface area contributed by atoms with Crippen LogP contribution in [-0.2, 0) is 0 Å². The van der Waals surface area contributed by atoms with Gasteiger partial charge in [-0.15, -0.1) is 0 Å². The number of nitrogens with zero attached hydrogens (tertiary/aromatic N) is 1. The predicted octanol–water partition coefficient (Wildman–Crippen LogP) is 3.63. The molecule has 3 nitrogen and oxygen atoms in total. The second-order valence-corrected chi connectivity index (χ2v) is 4.45. The van der Waals surface area contributed by atoms with Gasteiger partial charge in [-0.2, -0.15) is 0 Å². The molecule has 0 atom stereocenters. The molecule has 1 aromatic heterocycles. The van der Waals surface area contributed by atoms with Crippen molar-refractivity contribution >= 4 is 10.8 Å². The van der Waals surface area contributed by atoms with Crippen LogP contribution < -0.4 is 9.47 Å². The average Bonchev–Trinajstić information content (AvgIpc) is 2.92. The first-order valence-corrected chi connectivity index (χ1v) is 6.15. The van der Waals surface area contributed by atoms with Gasteiger partial charge in [-0.25, -0.2) is 0 Å². The molecule has 92 valence electrons. The van der Waals surface area contributed by atoms with Crippen molar-refractivity contribution in [3.05, 3.63) is 54.7 Å². The lowest BCUT2D eigenvalue weighted by molar-refractivity contribution is 0.174. The van der Waals surface area contributed by atoms with E-state index in [1.54, 1.807) is 0 Å². The predicted molar refractivity (Wildman–Crippen MR) is 73.3 cm³/mol. The van der Waals surface area contributed by atoms with Crippen LogP contribution in [0.2, 0.25) is 0 Å². The minimum atomic E-state index is 0.291. The van der Waals surface area contributed by atoms with Crippen LogP contribution in [0, 0.1) is 0 Å². The summed E-state index contributed by atoms with van der Waals surface area (Å²) in [7, 11) is 0. The van der Waals surface area contributed by atoms with Crippen LogP contribution in [0.15, 0.2) is 54.7 Å². The van der Waals surface area contributed by atoms with Gasteiger partial charge in [0.1, 0.15) is 0 Å². The lowest BCUT2D eigenvalue weighted by atomic mass is 10.0. The zero-order valence-electron chi connectivity index (χ0n) is 10.2. The summed E-state index contributed by atoms with van der Waals surface area (Å²) < 4.78 is 10.9. The molecule has 0 N–H and O–H groups in total. The van der Waals surface area contributed by atoms with Crippen LogP contribution in [0.25, 0.3) is 22.0 Å². The summed E-state index contributed by atoms with van der Waals surface area (Å²) in [5.41, 5.74) is 2.07. The zero-order chi connectivity index (χ0) is 12.7. The van der Waals surface area contributed by atoms with Crippen LogP contribution in [0.5, 0.6) is 11.5 Å². The number of pyridine rings is 1. The molecule has 1 aliphatic heterocycles. The van der Waals surface area contributed by atoms with E-state index in [0.717, 1.165) is 33.5 Å². The van der Waals surface area contributed by atoms with Gasteiger partial charge in [-0.05, 0) is 23.6 Å². The normalized spacial score (nSPS) is 12.8. The van der Waals surface area contributed by atoms with E-state index >= 15 is 0 Å². The summed E-state index contributed by atoms with van der Waals surface area (Å²) in [5, 5.41) is 2.19. The highest BCUT2D eigenvalue weighted by Gasteiger charge is 2.16. The Hall–Kier alpha value is -2.55. The van der Waals surface area contributed by atoms with Gasteiger partial charge in [0.15, 0.2) is 11.5 Å². The van der Waals surface area contributed by atoms with Crippen molar-refractivity contribution in [1.29, 1.82) is 0 Å². The fourth-order valence-electron chi connectivity index (χ4n) is 2.39. The van der Waals surface area contributed by atoms with Crippen LogP contribution >= 0.6 is 0 Å². The topological polar surface area (TPSA) is 31.4 Å². The van der Waals surface area contributed by atoms with Crippen LogP contribution in [0.1, 0.15) is 0 Å². The quantitative estimate of drug-likeness (QED) is 0.660. The molecule has 0 unspecified atom stereocenters. The molecule has 3 aromatic rings. The summed E-state index contributed by atoms with van der Waals surface area (Å²) in [6, 6.07) is 16.2. The number of rotatable bonds is 1. The van der Waals surface area contributed by atoms with Crippen LogP contribution in [-0.4, -0.2) is 11.8 Å². The van der Waals surface area contributed by atoms with Gasteiger partial charge in [0.25, 0.3) is 0 Å². The van der Waals surface area contributed by atoms with Gasteiger partial charge in [-0.3, -0.25) is 4.98 Å². The first kappa shape index (κ1) is 10.4. The van der Waals surface area contributed by atoms with Crippen molar-refractivity contribution in [3.63, 3.8) is 0 Å². The molecule has 0 fully saturated rings. The van der Waals surface area contributed by atoms with Crippen LogP contribution in [0.3, 0.4) is 0 Å². The summed E-state index contributed by atoms with van der Waals surface area (Å²) in [6.07, 6.45) is 1.83. The van der Waals surface area contributed by atoms with E-state index in [0.29, 0.717) is 6.79 Å². The van der Waals surface area contributed by atoms with Crippen molar-refractivity contribution in [2.75, 3.05) is 6.79 Å². The smallest absolute Gasteiger partial charge is 0.231 e. The number of benzene rings is 2. The van der Waals surface area contributed by atoms with Gasteiger partial charge in [-0.1, -0.05) is 30.3 Å². The second-order valence-electron chi connectivity index (χ2n) is 4.45. The Labute approximate surface area is 110 Å². The van der Waals surface area contributed by atoms with Crippen molar-refractivity contribution in [2.45, 2.75) is 0 Å². The highest BCUT2D eigenvalue weighted by Crippen LogP contribution is 2.38. The first-order chi connectivity index (χ1) is 9.42. The maximum Gasteiger partial charge on any atom is 0.231 e. The average molecular weight is 249 g/mol. The Balaban J connectivity index is 2.02. The molecule has 0 saturated carbocycles. The van der Waals surface area contributed by atoms with Gasteiger partial charge in [0.05, 0.1) is 5.69 Å². The molecule has 3 heteroatoms. The molecule has 4 rings (SSSR count). The number of aromatic nitrogens is 1.